The van der Waals surface area contributed by atoms with Gasteiger partial charge in [0.15, 0.2) is 0 Å². The van der Waals surface area contributed by atoms with Gasteiger partial charge in [0.05, 0.1) is 0 Å². The molecule has 1 fully saturated rings. The highest BCUT2D eigenvalue weighted by Gasteiger charge is 2.16. The second kappa shape index (κ2) is 5.34. The predicted octanol–water partition coefficient (Wildman–Crippen LogP) is 2.52. The van der Waals surface area contributed by atoms with Crippen molar-refractivity contribution in [3.63, 3.8) is 0 Å². The fourth-order valence-corrected chi connectivity index (χ4v) is 2.45. The lowest BCUT2D eigenvalue weighted by atomic mass is 10.2. The Morgan fingerprint density at radius 2 is 1.65 bits per heavy atom. The van der Waals surface area contributed by atoms with Crippen molar-refractivity contribution < 1.29 is 0 Å². The summed E-state index contributed by atoms with van der Waals surface area (Å²) in [6, 6.07) is 0. The molecule has 0 amide bonds. The van der Waals surface area contributed by atoms with Crippen LogP contribution in [0, 0.1) is 13.8 Å². The third-order valence-electron chi connectivity index (χ3n) is 3.37. The van der Waals surface area contributed by atoms with Crippen LogP contribution in [0.5, 0.6) is 0 Å². The zero-order valence-corrected chi connectivity index (χ0v) is 11.1. The highest BCUT2D eigenvalue weighted by Crippen LogP contribution is 2.25. The zero-order chi connectivity index (χ0) is 12.3. The SMILES string of the molecule is CNc1nc(C)nc(N2CCCCCC2)c1C. The molecular formula is C13H22N4. The number of nitrogens with one attached hydrogen (secondary N) is 1. The van der Waals surface area contributed by atoms with Gasteiger partial charge in [-0.05, 0) is 26.7 Å². The Labute approximate surface area is 103 Å². The minimum atomic E-state index is 0.846. The van der Waals surface area contributed by atoms with E-state index in [0.717, 1.165) is 30.5 Å². The molecular weight excluding hydrogens is 212 g/mol. The summed E-state index contributed by atoms with van der Waals surface area (Å²) in [5.74, 6) is 2.92. The number of aromatic nitrogens is 2. The van der Waals surface area contributed by atoms with Crippen LogP contribution in [0.1, 0.15) is 37.1 Å². The van der Waals surface area contributed by atoms with E-state index in [0.29, 0.717) is 0 Å². The van der Waals surface area contributed by atoms with E-state index in [1.165, 1.54) is 31.2 Å². The fraction of sp³-hybridized carbons (Fsp3) is 0.692. The molecule has 1 aliphatic rings. The zero-order valence-electron chi connectivity index (χ0n) is 11.1. The lowest BCUT2D eigenvalue weighted by Crippen LogP contribution is -2.26. The molecule has 0 radical (unpaired) electrons. The van der Waals surface area contributed by atoms with E-state index in [-0.39, 0.29) is 0 Å². The molecule has 0 saturated carbocycles. The van der Waals surface area contributed by atoms with Crippen molar-refractivity contribution in [2.45, 2.75) is 39.5 Å². The van der Waals surface area contributed by atoms with Gasteiger partial charge in [-0.2, -0.15) is 0 Å². The van der Waals surface area contributed by atoms with Crippen LogP contribution in [-0.2, 0) is 0 Å². The van der Waals surface area contributed by atoms with Crippen molar-refractivity contribution in [2.24, 2.45) is 0 Å². The van der Waals surface area contributed by atoms with E-state index in [9.17, 15) is 0 Å². The van der Waals surface area contributed by atoms with Crippen molar-refractivity contribution in [3.05, 3.63) is 11.4 Å². The number of aryl methyl sites for hydroxylation is 1. The number of nitrogens with zero attached hydrogens (tertiary/aromatic N) is 3. The van der Waals surface area contributed by atoms with E-state index >= 15 is 0 Å². The van der Waals surface area contributed by atoms with Crippen LogP contribution in [0.3, 0.4) is 0 Å². The van der Waals surface area contributed by atoms with E-state index in [1.54, 1.807) is 0 Å². The Hall–Kier alpha value is -1.32. The first-order valence-corrected chi connectivity index (χ1v) is 6.50. The van der Waals surface area contributed by atoms with Gasteiger partial charge in [0.2, 0.25) is 0 Å². The first kappa shape index (κ1) is 12.1. The van der Waals surface area contributed by atoms with Crippen LogP contribution < -0.4 is 10.2 Å². The molecule has 0 unspecified atom stereocenters. The fourth-order valence-electron chi connectivity index (χ4n) is 2.45. The maximum Gasteiger partial charge on any atom is 0.137 e. The molecule has 0 atom stereocenters. The second-order valence-corrected chi connectivity index (χ2v) is 4.72. The summed E-state index contributed by atoms with van der Waals surface area (Å²) >= 11 is 0. The first-order valence-electron chi connectivity index (χ1n) is 6.50. The minimum Gasteiger partial charge on any atom is -0.373 e. The van der Waals surface area contributed by atoms with Gasteiger partial charge in [0.25, 0.3) is 0 Å². The van der Waals surface area contributed by atoms with Crippen molar-refractivity contribution in [3.8, 4) is 0 Å². The van der Waals surface area contributed by atoms with Crippen LogP contribution in [0.15, 0.2) is 0 Å². The molecule has 1 aromatic heterocycles. The molecule has 0 aromatic carbocycles. The minimum absolute atomic E-state index is 0.846. The summed E-state index contributed by atoms with van der Waals surface area (Å²) in [5, 5.41) is 3.15. The molecule has 0 bridgehead atoms. The highest BCUT2D eigenvalue weighted by molar-refractivity contribution is 5.58. The molecule has 2 heterocycles. The number of hydrogen-bond acceptors (Lipinski definition) is 4. The Morgan fingerprint density at radius 1 is 1.00 bits per heavy atom. The van der Waals surface area contributed by atoms with Crippen LogP contribution in [-0.4, -0.2) is 30.1 Å². The van der Waals surface area contributed by atoms with Crippen LogP contribution in [0.25, 0.3) is 0 Å². The van der Waals surface area contributed by atoms with Crippen LogP contribution in [0.2, 0.25) is 0 Å². The topological polar surface area (TPSA) is 41.1 Å². The Balaban J connectivity index is 2.32. The summed E-state index contributed by atoms with van der Waals surface area (Å²) in [7, 11) is 1.92. The van der Waals surface area contributed by atoms with E-state index in [1.807, 2.05) is 14.0 Å². The van der Waals surface area contributed by atoms with Gasteiger partial charge in [0.1, 0.15) is 17.5 Å². The third kappa shape index (κ3) is 2.68. The van der Waals surface area contributed by atoms with E-state index in [2.05, 4.69) is 27.1 Å². The summed E-state index contributed by atoms with van der Waals surface area (Å²) in [5.41, 5.74) is 1.17. The average Bonchev–Trinajstić information content (AvgIpc) is 2.60. The molecule has 2 rings (SSSR count). The molecule has 1 aliphatic heterocycles. The predicted molar refractivity (Wildman–Crippen MR) is 71.7 cm³/mol. The Bertz CT molecular complexity index is 381. The van der Waals surface area contributed by atoms with Crippen molar-refractivity contribution in [1.82, 2.24) is 9.97 Å². The number of hydrogen-bond donors (Lipinski definition) is 1. The number of anilines is 2. The Kier molecular flexibility index (Phi) is 3.82. The lowest BCUT2D eigenvalue weighted by molar-refractivity contribution is 0.726. The molecule has 0 spiro atoms. The molecule has 1 saturated heterocycles. The summed E-state index contributed by atoms with van der Waals surface area (Å²) in [4.78, 5) is 11.5. The quantitative estimate of drug-likeness (QED) is 0.853. The summed E-state index contributed by atoms with van der Waals surface area (Å²) < 4.78 is 0. The maximum atomic E-state index is 4.62. The molecule has 94 valence electrons. The normalized spacial score (nSPS) is 16.8. The van der Waals surface area contributed by atoms with Crippen molar-refractivity contribution in [1.29, 1.82) is 0 Å². The van der Waals surface area contributed by atoms with Gasteiger partial charge >= 0.3 is 0 Å². The molecule has 1 aromatic rings. The standard InChI is InChI=1S/C13H22N4/c1-10-12(14-3)15-11(2)16-13(10)17-8-6-4-5-7-9-17/h4-9H2,1-3H3,(H,14,15,16). The third-order valence-corrected chi connectivity index (χ3v) is 3.37. The first-order chi connectivity index (χ1) is 8.22. The van der Waals surface area contributed by atoms with Gasteiger partial charge in [-0.3, -0.25) is 0 Å². The van der Waals surface area contributed by atoms with Gasteiger partial charge in [-0.1, -0.05) is 12.8 Å². The smallest absolute Gasteiger partial charge is 0.137 e. The van der Waals surface area contributed by atoms with E-state index < -0.39 is 0 Å². The van der Waals surface area contributed by atoms with Gasteiger partial charge in [-0.15, -0.1) is 0 Å². The number of rotatable bonds is 2. The summed E-state index contributed by atoms with van der Waals surface area (Å²) in [6.07, 6.45) is 5.24. The average molecular weight is 234 g/mol. The summed E-state index contributed by atoms with van der Waals surface area (Å²) in [6.45, 7) is 6.31. The van der Waals surface area contributed by atoms with Crippen molar-refractivity contribution in [2.75, 3.05) is 30.4 Å². The Morgan fingerprint density at radius 3 is 2.24 bits per heavy atom. The molecule has 0 aliphatic carbocycles. The van der Waals surface area contributed by atoms with Crippen molar-refractivity contribution >= 4 is 11.6 Å². The van der Waals surface area contributed by atoms with Crippen LogP contribution >= 0.6 is 0 Å². The highest BCUT2D eigenvalue weighted by atomic mass is 15.2. The second-order valence-electron chi connectivity index (χ2n) is 4.72. The molecule has 1 N–H and O–H groups in total. The van der Waals surface area contributed by atoms with Gasteiger partial charge in [-0.25, -0.2) is 9.97 Å². The largest absolute Gasteiger partial charge is 0.373 e. The lowest BCUT2D eigenvalue weighted by Gasteiger charge is -2.24. The monoisotopic (exact) mass is 234 g/mol. The van der Waals surface area contributed by atoms with Gasteiger partial charge in [0, 0.05) is 25.7 Å². The molecule has 4 heteroatoms. The molecule has 4 nitrogen and oxygen atoms in total. The van der Waals surface area contributed by atoms with E-state index in [4.69, 9.17) is 0 Å². The van der Waals surface area contributed by atoms with Crippen LogP contribution in [0.4, 0.5) is 11.6 Å². The van der Waals surface area contributed by atoms with Gasteiger partial charge < -0.3 is 10.2 Å². The molecule has 17 heavy (non-hydrogen) atoms. The maximum absolute atomic E-state index is 4.62.